The molecule has 2 heterocycles. The van der Waals surface area contributed by atoms with Crippen LogP contribution in [0.3, 0.4) is 0 Å². The summed E-state index contributed by atoms with van der Waals surface area (Å²) in [5.74, 6) is -0.252. The van der Waals surface area contributed by atoms with Gasteiger partial charge in [-0.1, -0.05) is 6.07 Å². The molecule has 0 aromatic heterocycles. The number of piperazine rings is 1. The Balaban J connectivity index is 0.00000156. The number of esters is 1. The number of halogens is 1. The first-order valence-corrected chi connectivity index (χ1v) is 8.04. The van der Waals surface area contributed by atoms with Crippen molar-refractivity contribution in [3.63, 3.8) is 0 Å². The number of aliphatic hydroxyl groups excluding tert-OH is 1. The summed E-state index contributed by atoms with van der Waals surface area (Å²) in [4.78, 5) is 14.0. The van der Waals surface area contributed by atoms with Gasteiger partial charge in [0.1, 0.15) is 6.61 Å². The molecule has 2 N–H and O–H groups in total. The monoisotopic (exact) mass is 338 g/mol. The lowest BCUT2D eigenvalue weighted by molar-refractivity contribution is 0.0534. The van der Waals surface area contributed by atoms with Gasteiger partial charge >= 0.3 is 5.97 Å². The molecule has 1 spiro atoms. The third-order valence-corrected chi connectivity index (χ3v) is 5.47. The molecule has 0 amide bonds. The number of β-amino-alcohol motifs (C(OH)–C–C–N with tert-alkyl or cyclic N) is 1. The van der Waals surface area contributed by atoms with Gasteiger partial charge < -0.3 is 15.2 Å². The number of nitrogens with one attached hydrogen (secondary N) is 1. The number of hydrogen-bond acceptors (Lipinski definition) is 5. The maximum absolute atomic E-state index is 11.6. The van der Waals surface area contributed by atoms with Crippen LogP contribution in [0.5, 0.6) is 0 Å². The van der Waals surface area contributed by atoms with Gasteiger partial charge in [-0.25, -0.2) is 4.79 Å². The van der Waals surface area contributed by atoms with E-state index < -0.39 is 6.10 Å². The van der Waals surface area contributed by atoms with E-state index in [1.165, 1.54) is 12.8 Å². The van der Waals surface area contributed by atoms with Crippen molar-refractivity contribution in [3.8, 4) is 0 Å². The minimum atomic E-state index is -0.517. The van der Waals surface area contributed by atoms with Crippen molar-refractivity contribution in [2.75, 3.05) is 26.2 Å². The number of benzene rings is 1. The number of carbonyl (C=O) groups excluding carboxylic acids is 1. The third-order valence-electron chi connectivity index (χ3n) is 5.47. The average Bonchev–Trinajstić information content (AvgIpc) is 3.18. The fraction of sp³-hybridized carbons (Fsp3) is 0.588. The van der Waals surface area contributed by atoms with Gasteiger partial charge in [0, 0.05) is 37.3 Å². The number of rotatable bonds is 3. The van der Waals surface area contributed by atoms with Gasteiger partial charge in [0.2, 0.25) is 0 Å². The van der Waals surface area contributed by atoms with Crippen molar-refractivity contribution in [1.82, 2.24) is 10.2 Å². The summed E-state index contributed by atoms with van der Waals surface area (Å²) in [5.41, 5.74) is 3.78. The quantitative estimate of drug-likeness (QED) is 0.819. The number of hydrogen-bond donors (Lipinski definition) is 2. The summed E-state index contributed by atoms with van der Waals surface area (Å²) in [6.07, 6.45) is 1.92. The van der Waals surface area contributed by atoms with E-state index in [9.17, 15) is 9.90 Å². The Labute approximate surface area is 142 Å². The van der Waals surface area contributed by atoms with Crippen LogP contribution >= 0.6 is 12.4 Å². The summed E-state index contributed by atoms with van der Waals surface area (Å²) in [7, 11) is 0. The molecule has 1 aromatic carbocycles. The van der Waals surface area contributed by atoms with Crippen LogP contribution in [0.25, 0.3) is 0 Å². The van der Waals surface area contributed by atoms with E-state index in [1.807, 2.05) is 13.0 Å². The summed E-state index contributed by atoms with van der Waals surface area (Å²) < 4.78 is 5.09. The Bertz CT molecular complexity index is 631. The minimum Gasteiger partial charge on any atom is -0.457 e. The molecule has 0 radical (unpaired) electrons. The smallest absolute Gasteiger partial charge is 0.338 e. The van der Waals surface area contributed by atoms with Crippen molar-refractivity contribution < 1.29 is 14.6 Å². The topological polar surface area (TPSA) is 61.8 Å². The molecule has 3 aliphatic rings. The van der Waals surface area contributed by atoms with Crippen LogP contribution < -0.4 is 5.32 Å². The molecule has 1 saturated heterocycles. The lowest BCUT2D eigenvalue weighted by Crippen LogP contribution is -2.54. The molecular weight excluding hydrogens is 316 g/mol. The zero-order chi connectivity index (χ0) is 15.3. The predicted molar refractivity (Wildman–Crippen MR) is 88.9 cm³/mol. The van der Waals surface area contributed by atoms with Gasteiger partial charge in [-0.2, -0.15) is 0 Å². The van der Waals surface area contributed by atoms with Gasteiger partial charge in [0.05, 0.1) is 11.7 Å². The van der Waals surface area contributed by atoms with Crippen LogP contribution in [0.1, 0.15) is 46.0 Å². The van der Waals surface area contributed by atoms with E-state index in [2.05, 4.69) is 10.2 Å². The van der Waals surface area contributed by atoms with E-state index in [1.54, 1.807) is 6.07 Å². The van der Waals surface area contributed by atoms with Gasteiger partial charge in [-0.15, -0.1) is 12.4 Å². The number of ether oxygens (including phenoxy) is 1. The third kappa shape index (κ3) is 2.76. The van der Waals surface area contributed by atoms with Gasteiger partial charge in [0.25, 0.3) is 0 Å². The summed E-state index contributed by atoms with van der Waals surface area (Å²) >= 11 is 0. The van der Waals surface area contributed by atoms with E-state index >= 15 is 0 Å². The molecule has 2 aliphatic heterocycles. The zero-order valence-electron chi connectivity index (χ0n) is 13.3. The van der Waals surface area contributed by atoms with E-state index in [0.717, 1.165) is 36.3 Å². The van der Waals surface area contributed by atoms with Crippen molar-refractivity contribution >= 4 is 18.4 Å². The molecule has 2 fully saturated rings. The zero-order valence-corrected chi connectivity index (χ0v) is 14.1. The number of cyclic esters (lactones) is 1. The summed E-state index contributed by atoms with van der Waals surface area (Å²) in [5, 5.41) is 14.2. The lowest BCUT2D eigenvalue weighted by Gasteiger charge is -2.38. The lowest BCUT2D eigenvalue weighted by atomic mass is 9.94. The number of carbonyl (C=O) groups is 1. The molecular formula is C17H23ClN2O3. The van der Waals surface area contributed by atoms with Crippen molar-refractivity contribution in [2.45, 2.75) is 38.0 Å². The largest absolute Gasteiger partial charge is 0.457 e. The van der Waals surface area contributed by atoms with E-state index in [-0.39, 0.29) is 23.9 Å². The number of fused-ring (bicyclic) bond motifs is 1. The van der Waals surface area contributed by atoms with Crippen LogP contribution in [0.15, 0.2) is 12.1 Å². The molecule has 1 atom stereocenters. The van der Waals surface area contributed by atoms with Crippen LogP contribution in [0.2, 0.25) is 0 Å². The predicted octanol–water partition coefficient (Wildman–Crippen LogP) is 1.56. The van der Waals surface area contributed by atoms with E-state index in [0.29, 0.717) is 18.7 Å². The van der Waals surface area contributed by atoms with Crippen LogP contribution in [0, 0.1) is 6.92 Å². The average molecular weight is 339 g/mol. The first kappa shape index (κ1) is 16.7. The molecule has 1 unspecified atom stereocenters. The Morgan fingerprint density at radius 2 is 2.22 bits per heavy atom. The Morgan fingerprint density at radius 1 is 1.43 bits per heavy atom. The highest BCUT2D eigenvalue weighted by molar-refractivity contribution is 5.93. The molecule has 1 saturated carbocycles. The second-order valence-corrected chi connectivity index (χ2v) is 6.74. The highest BCUT2D eigenvalue weighted by Gasteiger charge is 2.49. The highest BCUT2D eigenvalue weighted by Crippen LogP contribution is 2.43. The summed E-state index contributed by atoms with van der Waals surface area (Å²) in [6, 6.07) is 3.67. The van der Waals surface area contributed by atoms with Crippen LogP contribution in [-0.4, -0.2) is 47.7 Å². The molecule has 6 heteroatoms. The molecule has 126 valence electrons. The highest BCUT2D eigenvalue weighted by atomic mass is 35.5. The first-order chi connectivity index (χ1) is 10.6. The van der Waals surface area contributed by atoms with Crippen LogP contribution in [0.4, 0.5) is 0 Å². The normalized spacial score (nSPS) is 23.1. The number of aliphatic hydroxyl groups is 1. The maximum atomic E-state index is 11.6. The maximum Gasteiger partial charge on any atom is 0.338 e. The van der Waals surface area contributed by atoms with Gasteiger partial charge in [-0.05, 0) is 37.0 Å². The van der Waals surface area contributed by atoms with Crippen molar-refractivity contribution in [2.24, 2.45) is 0 Å². The van der Waals surface area contributed by atoms with E-state index in [4.69, 9.17) is 4.74 Å². The SMILES string of the molecule is Cc1c(C(O)CN2CCNCC23CC3)ccc2c1COC2=O.Cl. The first-order valence-electron chi connectivity index (χ1n) is 8.04. The number of nitrogens with zero attached hydrogens (tertiary/aromatic N) is 1. The summed E-state index contributed by atoms with van der Waals surface area (Å²) in [6.45, 7) is 5.98. The molecule has 4 rings (SSSR count). The fourth-order valence-corrected chi connectivity index (χ4v) is 3.84. The second-order valence-electron chi connectivity index (χ2n) is 6.74. The van der Waals surface area contributed by atoms with Gasteiger partial charge in [-0.3, -0.25) is 4.90 Å². The Hall–Kier alpha value is -1.14. The molecule has 5 nitrogen and oxygen atoms in total. The molecule has 0 bridgehead atoms. The molecule has 23 heavy (non-hydrogen) atoms. The minimum absolute atomic E-state index is 0. The van der Waals surface area contributed by atoms with Crippen molar-refractivity contribution in [1.29, 1.82) is 0 Å². The standard InChI is InChI=1S/C17H22N2O3.ClH/c1-11-12(2-3-13-14(11)9-22-16(13)21)15(20)8-19-7-6-18-10-17(19)4-5-17;/h2-3,15,18,20H,4-10H2,1H3;1H. The second kappa shape index (κ2) is 6.06. The van der Waals surface area contributed by atoms with Gasteiger partial charge in [0.15, 0.2) is 0 Å². The van der Waals surface area contributed by atoms with Crippen molar-refractivity contribution in [3.05, 3.63) is 34.4 Å². The fourth-order valence-electron chi connectivity index (χ4n) is 3.84. The van der Waals surface area contributed by atoms with Crippen LogP contribution in [-0.2, 0) is 11.3 Å². The molecule has 1 aliphatic carbocycles. The Kier molecular flexibility index (Phi) is 4.40. The molecule has 1 aromatic rings. The Morgan fingerprint density at radius 3 is 2.96 bits per heavy atom.